The maximum Gasteiger partial charge on any atom is 0.317 e. The van der Waals surface area contributed by atoms with E-state index in [4.69, 9.17) is 4.74 Å². The van der Waals surface area contributed by atoms with E-state index >= 15 is 0 Å². The van der Waals surface area contributed by atoms with Gasteiger partial charge in [0, 0.05) is 20.1 Å². The summed E-state index contributed by atoms with van der Waals surface area (Å²) >= 11 is 0. The van der Waals surface area contributed by atoms with Crippen molar-refractivity contribution in [3.8, 4) is 5.75 Å². The molecule has 0 spiro atoms. The van der Waals surface area contributed by atoms with Crippen molar-refractivity contribution in [2.24, 2.45) is 5.92 Å². The molecule has 0 bridgehead atoms. The van der Waals surface area contributed by atoms with Gasteiger partial charge in [0.1, 0.15) is 5.75 Å². The van der Waals surface area contributed by atoms with Gasteiger partial charge in [0.2, 0.25) is 0 Å². The van der Waals surface area contributed by atoms with E-state index in [2.05, 4.69) is 17.4 Å². The average molecular weight is 262 g/mol. The highest BCUT2D eigenvalue weighted by Gasteiger charge is 2.22. The van der Waals surface area contributed by atoms with Crippen LogP contribution in [0, 0.1) is 5.92 Å². The zero-order valence-corrected chi connectivity index (χ0v) is 11.7. The predicted octanol–water partition coefficient (Wildman–Crippen LogP) is 2.29. The topological polar surface area (TPSA) is 41.6 Å². The molecule has 2 amide bonds. The van der Waals surface area contributed by atoms with Gasteiger partial charge in [-0.15, -0.1) is 0 Å². The number of piperidine rings is 1. The smallest absolute Gasteiger partial charge is 0.317 e. The molecule has 1 aliphatic rings. The lowest BCUT2D eigenvalue weighted by Gasteiger charge is -2.31. The molecule has 1 fully saturated rings. The van der Waals surface area contributed by atoms with Gasteiger partial charge in [-0.3, -0.25) is 0 Å². The van der Waals surface area contributed by atoms with Crippen LogP contribution in [0.1, 0.15) is 18.4 Å². The van der Waals surface area contributed by atoms with Gasteiger partial charge in [-0.25, -0.2) is 4.79 Å². The van der Waals surface area contributed by atoms with Gasteiger partial charge in [-0.1, -0.05) is 12.1 Å². The molecule has 1 saturated heterocycles. The lowest BCUT2D eigenvalue weighted by molar-refractivity contribution is 0.172. The fourth-order valence-corrected chi connectivity index (χ4v) is 2.63. The van der Waals surface area contributed by atoms with Crippen molar-refractivity contribution in [1.82, 2.24) is 10.2 Å². The second-order valence-corrected chi connectivity index (χ2v) is 5.04. The normalized spacial score (nSPS) is 16.2. The molecular weight excluding hydrogens is 240 g/mol. The SMILES string of the molecule is CNC(=O)N1CCC(Cc2cccc(OC)c2)CC1. The third-order valence-corrected chi connectivity index (χ3v) is 3.77. The van der Waals surface area contributed by atoms with E-state index in [1.54, 1.807) is 14.2 Å². The Labute approximate surface area is 114 Å². The lowest BCUT2D eigenvalue weighted by atomic mass is 9.90. The van der Waals surface area contributed by atoms with Gasteiger partial charge < -0.3 is 15.0 Å². The monoisotopic (exact) mass is 262 g/mol. The number of ether oxygens (including phenoxy) is 1. The maximum atomic E-state index is 11.5. The minimum atomic E-state index is 0.0415. The number of nitrogens with one attached hydrogen (secondary N) is 1. The number of hydrogen-bond donors (Lipinski definition) is 1. The summed E-state index contributed by atoms with van der Waals surface area (Å²) in [5.74, 6) is 1.58. The van der Waals surface area contributed by atoms with Crippen LogP contribution in [0.15, 0.2) is 24.3 Å². The summed E-state index contributed by atoms with van der Waals surface area (Å²) in [4.78, 5) is 13.4. The molecular formula is C15H22N2O2. The largest absolute Gasteiger partial charge is 0.497 e. The lowest BCUT2D eigenvalue weighted by Crippen LogP contribution is -2.43. The van der Waals surface area contributed by atoms with E-state index in [0.29, 0.717) is 5.92 Å². The third kappa shape index (κ3) is 3.63. The van der Waals surface area contributed by atoms with E-state index in [9.17, 15) is 4.79 Å². The Morgan fingerprint density at radius 2 is 2.16 bits per heavy atom. The Kier molecular flexibility index (Phi) is 4.66. The van der Waals surface area contributed by atoms with E-state index in [-0.39, 0.29) is 6.03 Å². The van der Waals surface area contributed by atoms with Crippen molar-refractivity contribution in [2.45, 2.75) is 19.3 Å². The number of likely N-dealkylation sites (tertiary alicyclic amines) is 1. The molecule has 19 heavy (non-hydrogen) atoms. The fourth-order valence-electron chi connectivity index (χ4n) is 2.63. The first-order chi connectivity index (χ1) is 9.22. The molecule has 0 unspecified atom stereocenters. The fraction of sp³-hybridized carbons (Fsp3) is 0.533. The Bertz CT molecular complexity index is 426. The van der Waals surface area contributed by atoms with E-state index in [1.807, 2.05) is 17.0 Å². The molecule has 0 saturated carbocycles. The molecule has 0 atom stereocenters. The molecule has 104 valence electrons. The standard InChI is InChI=1S/C15H22N2O2/c1-16-15(18)17-8-6-12(7-9-17)10-13-4-3-5-14(11-13)19-2/h3-5,11-12H,6-10H2,1-2H3,(H,16,18). The zero-order chi connectivity index (χ0) is 13.7. The summed E-state index contributed by atoms with van der Waals surface area (Å²) in [6, 6.07) is 8.30. The van der Waals surface area contributed by atoms with Crippen LogP contribution in [-0.2, 0) is 6.42 Å². The van der Waals surface area contributed by atoms with Crippen molar-refractivity contribution in [2.75, 3.05) is 27.2 Å². The number of carbonyl (C=O) groups excluding carboxylic acids is 1. The van der Waals surface area contributed by atoms with Crippen molar-refractivity contribution in [3.05, 3.63) is 29.8 Å². The van der Waals surface area contributed by atoms with E-state index in [1.165, 1.54) is 5.56 Å². The van der Waals surface area contributed by atoms with Gasteiger partial charge in [0.15, 0.2) is 0 Å². The third-order valence-electron chi connectivity index (χ3n) is 3.77. The van der Waals surface area contributed by atoms with Crippen molar-refractivity contribution in [3.63, 3.8) is 0 Å². The highest BCUT2D eigenvalue weighted by Crippen LogP contribution is 2.23. The quantitative estimate of drug-likeness (QED) is 0.908. The molecule has 1 aromatic rings. The number of urea groups is 1. The number of rotatable bonds is 3. The average Bonchev–Trinajstić information content (AvgIpc) is 2.47. The van der Waals surface area contributed by atoms with Gasteiger partial charge in [0.05, 0.1) is 7.11 Å². The van der Waals surface area contributed by atoms with Crippen molar-refractivity contribution >= 4 is 6.03 Å². The minimum Gasteiger partial charge on any atom is -0.497 e. The van der Waals surface area contributed by atoms with Crippen LogP contribution in [0.5, 0.6) is 5.75 Å². The van der Waals surface area contributed by atoms with Gasteiger partial charge in [-0.2, -0.15) is 0 Å². The van der Waals surface area contributed by atoms with Crippen LogP contribution >= 0.6 is 0 Å². The van der Waals surface area contributed by atoms with Gasteiger partial charge >= 0.3 is 6.03 Å². The van der Waals surface area contributed by atoms with Crippen molar-refractivity contribution in [1.29, 1.82) is 0 Å². The van der Waals surface area contributed by atoms with E-state index in [0.717, 1.165) is 38.1 Å². The molecule has 4 heteroatoms. The van der Waals surface area contributed by atoms with Crippen LogP contribution in [0.25, 0.3) is 0 Å². The zero-order valence-electron chi connectivity index (χ0n) is 11.7. The number of methoxy groups -OCH3 is 1. The summed E-state index contributed by atoms with van der Waals surface area (Å²) in [6.45, 7) is 1.71. The van der Waals surface area contributed by atoms with E-state index < -0.39 is 0 Å². The first-order valence-electron chi connectivity index (χ1n) is 6.82. The minimum absolute atomic E-state index is 0.0415. The second kappa shape index (κ2) is 6.45. The molecule has 1 N–H and O–H groups in total. The highest BCUT2D eigenvalue weighted by atomic mass is 16.5. The number of nitrogens with zero attached hydrogens (tertiary/aromatic N) is 1. The maximum absolute atomic E-state index is 11.5. The first kappa shape index (κ1) is 13.7. The molecule has 0 radical (unpaired) electrons. The summed E-state index contributed by atoms with van der Waals surface area (Å²) < 4.78 is 5.25. The Morgan fingerprint density at radius 1 is 1.42 bits per heavy atom. The summed E-state index contributed by atoms with van der Waals surface area (Å²) in [7, 11) is 3.38. The van der Waals surface area contributed by atoms with Crippen LogP contribution in [0.2, 0.25) is 0 Å². The first-order valence-corrected chi connectivity index (χ1v) is 6.82. The van der Waals surface area contributed by atoms with Gasteiger partial charge in [0.25, 0.3) is 0 Å². The number of benzene rings is 1. The van der Waals surface area contributed by atoms with Crippen molar-refractivity contribution < 1.29 is 9.53 Å². The summed E-state index contributed by atoms with van der Waals surface area (Å²) in [5, 5.41) is 2.68. The number of amides is 2. The second-order valence-electron chi connectivity index (χ2n) is 5.04. The molecule has 1 aliphatic heterocycles. The summed E-state index contributed by atoms with van der Waals surface area (Å²) in [5.41, 5.74) is 1.32. The number of hydrogen-bond acceptors (Lipinski definition) is 2. The predicted molar refractivity (Wildman–Crippen MR) is 75.5 cm³/mol. The van der Waals surface area contributed by atoms with Crippen LogP contribution < -0.4 is 10.1 Å². The Morgan fingerprint density at radius 3 is 2.79 bits per heavy atom. The molecule has 0 aromatic heterocycles. The molecule has 1 heterocycles. The highest BCUT2D eigenvalue weighted by molar-refractivity contribution is 5.73. The number of carbonyl (C=O) groups is 1. The molecule has 4 nitrogen and oxygen atoms in total. The molecule has 2 rings (SSSR count). The molecule has 0 aliphatic carbocycles. The van der Waals surface area contributed by atoms with Crippen LogP contribution in [-0.4, -0.2) is 38.2 Å². The van der Waals surface area contributed by atoms with Gasteiger partial charge in [-0.05, 0) is 42.9 Å². The Hall–Kier alpha value is -1.71. The van der Waals surface area contributed by atoms with Crippen LogP contribution in [0.3, 0.4) is 0 Å². The van der Waals surface area contributed by atoms with Crippen LogP contribution in [0.4, 0.5) is 4.79 Å². The Balaban J connectivity index is 1.86. The molecule has 1 aromatic carbocycles. The summed E-state index contributed by atoms with van der Waals surface area (Å²) in [6.07, 6.45) is 3.22.